The standard InChI is InChI=1S/C11H12O2/c1-12-9-5-6-10-13-11-7-3-2-4-8-11/h2-10H,1H3/b9-5+,10-6-. The molecule has 13 heavy (non-hydrogen) atoms. The summed E-state index contributed by atoms with van der Waals surface area (Å²) in [5, 5.41) is 0. The van der Waals surface area contributed by atoms with Gasteiger partial charge in [-0.25, -0.2) is 0 Å². The van der Waals surface area contributed by atoms with Crippen LogP contribution in [0.15, 0.2) is 55.0 Å². The molecule has 1 aromatic rings. The van der Waals surface area contributed by atoms with Gasteiger partial charge < -0.3 is 9.47 Å². The number of hydrogen-bond acceptors (Lipinski definition) is 2. The second kappa shape index (κ2) is 5.89. The Bertz CT molecular complexity index is 275. The Morgan fingerprint density at radius 3 is 2.38 bits per heavy atom. The van der Waals surface area contributed by atoms with Crippen LogP contribution >= 0.6 is 0 Å². The lowest BCUT2D eigenvalue weighted by Gasteiger charge is -1.96. The SMILES string of the molecule is CO/C=C/C=C\Oc1ccccc1. The fourth-order valence-corrected chi connectivity index (χ4v) is 0.786. The van der Waals surface area contributed by atoms with E-state index in [1.165, 1.54) is 0 Å². The monoisotopic (exact) mass is 176 g/mol. The summed E-state index contributed by atoms with van der Waals surface area (Å²) < 4.78 is 9.97. The normalized spacial score (nSPS) is 10.8. The van der Waals surface area contributed by atoms with E-state index in [9.17, 15) is 0 Å². The van der Waals surface area contributed by atoms with Gasteiger partial charge in [0.1, 0.15) is 5.75 Å². The Morgan fingerprint density at radius 2 is 1.69 bits per heavy atom. The van der Waals surface area contributed by atoms with E-state index in [0.717, 1.165) is 5.75 Å². The molecule has 0 aliphatic rings. The number of allylic oxidation sites excluding steroid dienone is 2. The maximum absolute atomic E-state index is 5.27. The van der Waals surface area contributed by atoms with Gasteiger partial charge in [0.05, 0.1) is 19.6 Å². The van der Waals surface area contributed by atoms with Crippen LogP contribution in [0.2, 0.25) is 0 Å². The van der Waals surface area contributed by atoms with Crippen LogP contribution in [0.4, 0.5) is 0 Å². The fourth-order valence-electron chi connectivity index (χ4n) is 0.786. The molecular formula is C11H12O2. The molecule has 1 aromatic carbocycles. The third kappa shape index (κ3) is 4.01. The Balaban J connectivity index is 2.35. The largest absolute Gasteiger partial charge is 0.504 e. The number of rotatable bonds is 4. The first-order valence-electron chi connectivity index (χ1n) is 3.99. The second-order valence-electron chi connectivity index (χ2n) is 2.32. The van der Waals surface area contributed by atoms with Crippen LogP contribution in [0.3, 0.4) is 0 Å². The summed E-state index contributed by atoms with van der Waals surface area (Å²) in [5.74, 6) is 0.824. The molecule has 0 aliphatic heterocycles. The van der Waals surface area contributed by atoms with Crippen LogP contribution in [0, 0.1) is 0 Å². The topological polar surface area (TPSA) is 18.5 Å². The minimum atomic E-state index is 0.824. The van der Waals surface area contributed by atoms with Gasteiger partial charge in [-0.3, -0.25) is 0 Å². The molecule has 2 nitrogen and oxygen atoms in total. The molecule has 68 valence electrons. The predicted octanol–water partition coefficient (Wildman–Crippen LogP) is 2.74. The van der Waals surface area contributed by atoms with Crippen molar-refractivity contribution >= 4 is 0 Å². The molecule has 0 aliphatic carbocycles. The van der Waals surface area contributed by atoms with Crippen LogP contribution < -0.4 is 4.74 Å². The first-order chi connectivity index (χ1) is 6.43. The van der Waals surface area contributed by atoms with Gasteiger partial charge in [-0.15, -0.1) is 0 Å². The molecule has 0 spiro atoms. The van der Waals surface area contributed by atoms with Gasteiger partial charge in [0.15, 0.2) is 0 Å². The maximum atomic E-state index is 5.27. The van der Waals surface area contributed by atoms with E-state index in [0.29, 0.717) is 0 Å². The highest BCUT2D eigenvalue weighted by Gasteiger charge is 1.83. The molecule has 1 rings (SSSR count). The summed E-state index contributed by atoms with van der Waals surface area (Å²) >= 11 is 0. The van der Waals surface area contributed by atoms with E-state index < -0.39 is 0 Å². The van der Waals surface area contributed by atoms with E-state index in [4.69, 9.17) is 9.47 Å². The van der Waals surface area contributed by atoms with Crippen molar-refractivity contribution in [1.82, 2.24) is 0 Å². The highest BCUT2D eigenvalue weighted by Crippen LogP contribution is 2.07. The first kappa shape index (κ1) is 9.39. The zero-order valence-electron chi connectivity index (χ0n) is 7.51. The van der Waals surface area contributed by atoms with E-state index in [1.54, 1.807) is 31.8 Å². The van der Waals surface area contributed by atoms with Gasteiger partial charge in [-0.2, -0.15) is 0 Å². The Morgan fingerprint density at radius 1 is 1.00 bits per heavy atom. The van der Waals surface area contributed by atoms with Crippen molar-refractivity contribution in [3.8, 4) is 5.75 Å². The minimum absolute atomic E-state index is 0.824. The molecule has 0 N–H and O–H groups in total. The summed E-state index contributed by atoms with van der Waals surface area (Å²) in [6, 6.07) is 9.58. The van der Waals surface area contributed by atoms with Crippen LogP contribution in [-0.2, 0) is 4.74 Å². The van der Waals surface area contributed by atoms with Crippen molar-refractivity contribution in [2.75, 3.05) is 7.11 Å². The summed E-state index contributed by atoms with van der Waals surface area (Å²) in [7, 11) is 1.60. The van der Waals surface area contributed by atoms with Crippen LogP contribution in [0.1, 0.15) is 0 Å². The molecule has 0 heterocycles. The number of methoxy groups -OCH3 is 1. The van der Waals surface area contributed by atoms with Gasteiger partial charge in [0, 0.05) is 0 Å². The molecule has 0 saturated carbocycles. The van der Waals surface area contributed by atoms with Crippen LogP contribution in [0.25, 0.3) is 0 Å². The van der Waals surface area contributed by atoms with Crippen LogP contribution in [-0.4, -0.2) is 7.11 Å². The predicted molar refractivity (Wildman–Crippen MR) is 52.4 cm³/mol. The molecule has 0 saturated heterocycles. The van der Waals surface area contributed by atoms with Crippen molar-refractivity contribution in [1.29, 1.82) is 0 Å². The smallest absolute Gasteiger partial charge is 0.126 e. The van der Waals surface area contributed by atoms with Crippen molar-refractivity contribution in [3.63, 3.8) is 0 Å². The first-order valence-corrected chi connectivity index (χ1v) is 3.99. The fraction of sp³-hybridized carbons (Fsp3) is 0.0909. The molecule has 2 heteroatoms. The Kier molecular flexibility index (Phi) is 4.25. The third-order valence-corrected chi connectivity index (χ3v) is 1.35. The van der Waals surface area contributed by atoms with Crippen LogP contribution in [0.5, 0.6) is 5.75 Å². The highest BCUT2D eigenvalue weighted by atomic mass is 16.5. The van der Waals surface area contributed by atoms with Crippen molar-refractivity contribution in [3.05, 3.63) is 55.0 Å². The van der Waals surface area contributed by atoms with Crippen molar-refractivity contribution in [2.45, 2.75) is 0 Å². The minimum Gasteiger partial charge on any atom is -0.504 e. The summed E-state index contributed by atoms with van der Waals surface area (Å²) in [4.78, 5) is 0. The molecule has 0 aromatic heterocycles. The second-order valence-corrected chi connectivity index (χ2v) is 2.32. The van der Waals surface area contributed by atoms with E-state index in [2.05, 4.69) is 0 Å². The highest BCUT2D eigenvalue weighted by molar-refractivity contribution is 5.22. The molecule has 0 radical (unpaired) electrons. The Labute approximate surface area is 78.1 Å². The molecule has 0 unspecified atom stereocenters. The number of para-hydroxylation sites is 1. The summed E-state index contributed by atoms with van der Waals surface area (Å²) in [5.41, 5.74) is 0. The molecule has 0 bridgehead atoms. The maximum Gasteiger partial charge on any atom is 0.126 e. The van der Waals surface area contributed by atoms with Gasteiger partial charge in [0.2, 0.25) is 0 Å². The number of hydrogen-bond donors (Lipinski definition) is 0. The number of ether oxygens (including phenoxy) is 2. The lowest BCUT2D eigenvalue weighted by Crippen LogP contribution is -1.79. The van der Waals surface area contributed by atoms with Crippen molar-refractivity contribution in [2.24, 2.45) is 0 Å². The average Bonchev–Trinajstić information content (AvgIpc) is 2.19. The Hall–Kier alpha value is -1.70. The quantitative estimate of drug-likeness (QED) is 0.518. The molecular weight excluding hydrogens is 164 g/mol. The van der Waals surface area contributed by atoms with Gasteiger partial charge in [-0.05, 0) is 24.3 Å². The molecule has 0 fully saturated rings. The van der Waals surface area contributed by atoms with E-state index in [-0.39, 0.29) is 0 Å². The molecule has 0 atom stereocenters. The number of benzene rings is 1. The zero-order valence-corrected chi connectivity index (χ0v) is 7.51. The van der Waals surface area contributed by atoms with Crippen molar-refractivity contribution < 1.29 is 9.47 Å². The zero-order chi connectivity index (χ0) is 9.36. The lowest BCUT2D eigenvalue weighted by atomic mass is 10.3. The summed E-state index contributed by atoms with van der Waals surface area (Å²) in [6.07, 6.45) is 6.69. The van der Waals surface area contributed by atoms with E-state index >= 15 is 0 Å². The lowest BCUT2D eigenvalue weighted by molar-refractivity contribution is 0.338. The van der Waals surface area contributed by atoms with Gasteiger partial charge in [-0.1, -0.05) is 18.2 Å². The molecule has 0 amide bonds. The third-order valence-electron chi connectivity index (χ3n) is 1.35. The van der Waals surface area contributed by atoms with Gasteiger partial charge >= 0.3 is 0 Å². The average molecular weight is 176 g/mol. The summed E-state index contributed by atoms with van der Waals surface area (Å²) in [6.45, 7) is 0. The van der Waals surface area contributed by atoms with E-state index in [1.807, 2.05) is 30.3 Å². The van der Waals surface area contributed by atoms with Gasteiger partial charge in [0.25, 0.3) is 0 Å².